The lowest BCUT2D eigenvalue weighted by atomic mass is 10.0. The van der Waals surface area contributed by atoms with E-state index >= 15 is 0 Å². The number of nitrogens with two attached hydrogens (primary N) is 1. The fraction of sp³-hybridized carbons (Fsp3) is 0.385. The van der Waals surface area contributed by atoms with E-state index in [-0.39, 0.29) is 5.91 Å². The van der Waals surface area contributed by atoms with E-state index in [1.54, 1.807) is 6.07 Å². The van der Waals surface area contributed by atoms with E-state index in [4.69, 9.17) is 5.73 Å². The van der Waals surface area contributed by atoms with Gasteiger partial charge in [0.2, 0.25) is 5.91 Å². The summed E-state index contributed by atoms with van der Waals surface area (Å²) in [7, 11) is 0. The summed E-state index contributed by atoms with van der Waals surface area (Å²) in [4.78, 5) is 21.3. The second-order valence-electron chi connectivity index (χ2n) is 3.79. The van der Waals surface area contributed by atoms with Crippen LogP contribution in [0.2, 0.25) is 0 Å². The van der Waals surface area contributed by atoms with Gasteiger partial charge in [-0.25, -0.2) is 0 Å². The van der Waals surface area contributed by atoms with Crippen molar-refractivity contribution in [1.29, 1.82) is 0 Å². The van der Waals surface area contributed by atoms with Crippen LogP contribution in [0.4, 0.5) is 0 Å². The molecule has 1 aromatic carbocycles. The summed E-state index contributed by atoms with van der Waals surface area (Å²) in [5, 5.41) is 0. The van der Waals surface area contributed by atoms with Gasteiger partial charge in [-0.05, 0) is 30.9 Å². The summed E-state index contributed by atoms with van der Waals surface area (Å²) >= 11 is 0. The van der Waals surface area contributed by atoms with E-state index in [1.165, 1.54) is 0 Å². The number of aldehydes is 1. The average molecular weight is 219 g/mol. The normalized spacial score (nSPS) is 10.0. The van der Waals surface area contributed by atoms with E-state index in [9.17, 15) is 9.59 Å². The molecule has 0 radical (unpaired) electrons. The molecule has 0 bridgehead atoms. The maximum absolute atomic E-state index is 11.1. The highest BCUT2D eigenvalue weighted by Crippen LogP contribution is 2.12. The van der Waals surface area contributed by atoms with Crippen molar-refractivity contribution in [2.75, 3.05) is 0 Å². The third-order valence-electron chi connectivity index (χ3n) is 2.55. The Balaban J connectivity index is 2.47. The minimum absolute atomic E-state index is 0.372. The molecular formula is C13H17NO2. The van der Waals surface area contributed by atoms with Gasteiger partial charge in [-0.1, -0.05) is 24.6 Å². The summed E-state index contributed by atoms with van der Waals surface area (Å²) in [5.41, 5.74) is 6.89. The number of carbonyl (C=O) groups excluding carboxylic acids is 2. The SMILES string of the molecule is NC(=O)c1ccccc1CCCCCC=O. The van der Waals surface area contributed by atoms with Crippen molar-refractivity contribution in [3.05, 3.63) is 35.4 Å². The van der Waals surface area contributed by atoms with Crippen LogP contribution in [0.5, 0.6) is 0 Å². The van der Waals surface area contributed by atoms with Gasteiger partial charge in [0.1, 0.15) is 6.29 Å². The Morgan fingerprint density at radius 1 is 1.19 bits per heavy atom. The molecule has 0 aliphatic heterocycles. The van der Waals surface area contributed by atoms with E-state index in [0.717, 1.165) is 37.5 Å². The van der Waals surface area contributed by atoms with Gasteiger partial charge in [0.05, 0.1) is 0 Å². The molecule has 1 amide bonds. The summed E-state index contributed by atoms with van der Waals surface area (Å²) in [6.07, 6.45) is 5.32. The molecule has 0 saturated heterocycles. The first-order valence-electron chi connectivity index (χ1n) is 5.57. The first-order valence-corrected chi connectivity index (χ1v) is 5.57. The topological polar surface area (TPSA) is 60.2 Å². The second-order valence-corrected chi connectivity index (χ2v) is 3.79. The van der Waals surface area contributed by atoms with Crippen LogP contribution in [-0.4, -0.2) is 12.2 Å². The Kier molecular flexibility index (Phi) is 5.26. The molecule has 3 heteroatoms. The molecule has 0 unspecified atom stereocenters. The molecule has 1 aromatic rings. The maximum Gasteiger partial charge on any atom is 0.248 e. The predicted molar refractivity (Wildman–Crippen MR) is 63.2 cm³/mol. The fourth-order valence-corrected chi connectivity index (χ4v) is 1.70. The quantitative estimate of drug-likeness (QED) is 0.564. The Hall–Kier alpha value is -1.64. The van der Waals surface area contributed by atoms with Gasteiger partial charge in [-0.15, -0.1) is 0 Å². The highest BCUT2D eigenvalue weighted by molar-refractivity contribution is 5.94. The van der Waals surface area contributed by atoms with Crippen LogP contribution in [0.1, 0.15) is 41.6 Å². The summed E-state index contributed by atoms with van der Waals surface area (Å²) in [6, 6.07) is 7.41. The summed E-state index contributed by atoms with van der Waals surface area (Å²) in [5.74, 6) is -0.372. The van der Waals surface area contributed by atoms with Crippen molar-refractivity contribution in [3.8, 4) is 0 Å². The van der Waals surface area contributed by atoms with Gasteiger partial charge >= 0.3 is 0 Å². The lowest BCUT2D eigenvalue weighted by Crippen LogP contribution is -2.13. The van der Waals surface area contributed by atoms with Gasteiger partial charge in [-0.3, -0.25) is 4.79 Å². The second kappa shape index (κ2) is 6.77. The minimum Gasteiger partial charge on any atom is -0.366 e. The monoisotopic (exact) mass is 219 g/mol. The lowest BCUT2D eigenvalue weighted by Gasteiger charge is -2.05. The number of amides is 1. The van der Waals surface area contributed by atoms with Crippen molar-refractivity contribution in [1.82, 2.24) is 0 Å². The highest BCUT2D eigenvalue weighted by atomic mass is 16.1. The van der Waals surface area contributed by atoms with Crippen LogP contribution >= 0.6 is 0 Å². The molecule has 0 heterocycles. The van der Waals surface area contributed by atoms with Crippen LogP contribution < -0.4 is 5.73 Å². The van der Waals surface area contributed by atoms with Gasteiger partial charge in [0.25, 0.3) is 0 Å². The number of hydrogen-bond acceptors (Lipinski definition) is 2. The molecule has 0 aliphatic rings. The summed E-state index contributed by atoms with van der Waals surface area (Å²) in [6.45, 7) is 0. The van der Waals surface area contributed by atoms with Crippen molar-refractivity contribution in [3.63, 3.8) is 0 Å². The van der Waals surface area contributed by atoms with Crippen LogP contribution in [0.15, 0.2) is 24.3 Å². The van der Waals surface area contributed by atoms with Gasteiger partial charge in [0.15, 0.2) is 0 Å². The zero-order chi connectivity index (χ0) is 11.8. The van der Waals surface area contributed by atoms with Crippen molar-refractivity contribution >= 4 is 12.2 Å². The molecule has 0 atom stereocenters. The molecule has 3 nitrogen and oxygen atoms in total. The fourth-order valence-electron chi connectivity index (χ4n) is 1.70. The molecule has 16 heavy (non-hydrogen) atoms. The highest BCUT2D eigenvalue weighted by Gasteiger charge is 2.05. The maximum atomic E-state index is 11.1. The van der Waals surface area contributed by atoms with Gasteiger partial charge < -0.3 is 10.5 Å². The van der Waals surface area contributed by atoms with Crippen molar-refractivity contribution in [2.45, 2.75) is 32.1 Å². The number of carbonyl (C=O) groups is 2. The molecule has 0 aromatic heterocycles. The van der Waals surface area contributed by atoms with Crippen LogP contribution in [0.3, 0.4) is 0 Å². The number of unbranched alkanes of at least 4 members (excludes halogenated alkanes) is 3. The largest absolute Gasteiger partial charge is 0.366 e. The van der Waals surface area contributed by atoms with Crippen LogP contribution in [0.25, 0.3) is 0 Å². The summed E-state index contributed by atoms with van der Waals surface area (Å²) < 4.78 is 0. The first-order chi connectivity index (χ1) is 7.75. The van der Waals surface area contributed by atoms with E-state index < -0.39 is 0 Å². The molecule has 0 aliphatic carbocycles. The number of primary amides is 1. The molecule has 0 spiro atoms. The molecule has 2 N–H and O–H groups in total. The third-order valence-corrected chi connectivity index (χ3v) is 2.55. The van der Waals surface area contributed by atoms with Crippen LogP contribution in [-0.2, 0) is 11.2 Å². The van der Waals surface area contributed by atoms with Crippen molar-refractivity contribution < 1.29 is 9.59 Å². The predicted octanol–water partition coefficient (Wildman–Crippen LogP) is 2.09. The standard InChI is InChI=1S/C13H17NO2/c14-13(16)12-9-5-4-8-11(12)7-3-1-2-6-10-15/h4-5,8-10H,1-3,6-7H2,(H2,14,16). The zero-order valence-electron chi connectivity index (χ0n) is 9.32. The minimum atomic E-state index is -0.372. The Morgan fingerprint density at radius 3 is 2.62 bits per heavy atom. The smallest absolute Gasteiger partial charge is 0.248 e. The van der Waals surface area contributed by atoms with E-state index in [1.807, 2.05) is 18.2 Å². The number of aryl methyl sites for hydroxylation is 1. The molecular weight excluding hydrogens is 202 g/mol. The third kappa shape index (κ3) is 3.85. The zero-order valence-corrected chi connectivity index (χ0v) is 9.32. The number of rotatable bonds is 7. The molecule has 1 rings (SSSR count). The number of hydrogen-bond donors (Lipinski definition) is 1. The van der Waals surface area contributed by atoms with E-state index in [0.29, 0.717) is 12.0 Å². The first kappa shape index (κ1) is 12.4. The average Bonchev–Trinajstić information content (AvgIpc) is 2.29. The Labute approximate surface area is 95.6 Å². The van der Waals surface area contributed by atoms with Crippen molar-refractivity contribution in [2.24, 2.45) is 5.73 Å². The van der Waals surface area contributed by atoms with E-state index in [2.05, 4.69) is 0 Å². The van der Waals surface area contributed by atoms with Gasteiger partial charge in [-0.2, -0.15) is 0 Å². The Morgan fingerprint density at radius 2 is 1.94 bits per heavy atom. The van der Waals surface area contributed by atoms with Crippen LogP contribution in [0, 0.1) is 0 Å². The molecule has 0 saturated carbocycles. The lowest BCUT2D eigenvalue weighted by molar-refractivity contribution is -0.107. The molecule has 0 fully saturated rings. The molecule has 86 valence electrons. The Bertz CT molecular complexity index is 361. The van der Waals surface area contributed by atoms with Gasteiger partial charge in [0, 0.05) is 12.0 Å². The number of benzene rings is 1.